The Kier molecular flexibility index (Phi) is 5.88. The zero-order valence-electron chi connectivity index (χ0n) is 17.4. The van der Waals surface area contributed by atoms with Crippen molar-refractivity contribution in [2.45, 2.75) is 38.4 Å². The van der Waals surface area contributed by atoms with E-state index in [2.05, 4.69) is 26.2 Å². The average molecular weight is 474 g/mol. The molecule has 3 aromatic rings. The number of carbonyl (C=O) groups is 2. The molecule has 0 spiro atoms. The van der Waals surface area contributed by atoms with E-state index in [1.54, 1.807) is 0 Å². The number of rotatable bonds is 5. The maximum atomic E-state index is 14.3. The van der Waals surface area contributed by atoms with Gasteiger partial charge in [-0.2, -0.15) is 0 Å². The number of fused-ring (bicyclic) bond motifs is 1. The number of halogens is 2. The molecule has 3 heterocycles. The van der Waals surface area contributed by atoms with Gasteiger partial charge in [0.1, 0.15) is 24.6 Å². The molecule has 1 aromatic carbocycles. The Hall–Kier alpha value is -3.75. The summed E-state index contributed by atoms with van der Waals surface area (Å²) in [5.74, 6) is -1.32. The number of terminal acetylenes is 1. The number of hydrogen-bond donors (Lipinski definition) is 1. The van der Waals surface area contributed by atoms with Crippen molar-refractivity contribution >= 4 is 46.2 Å². The predicted octanol–water partition coefficient (Wildman–Crippen LogP) is 2.89. The van der Waals surface area contributed by atoms with Gasteiger partial charge in [0.15, 0.2) is 23.1 Å². The highest BCUT2D eigenvalue weighted by Crippen LogP contribution is 2.41. The second-order valence-corrected chi connectivity index (χ2v) is 7.53. The van der Waals surface area contributed by atoms with Crippen LogP contribution < -0.4 is 5.32 Å². The molecule has 1 fully saturated rings. The lowest BCUT2D eigenvalue weighted by Crippen LogP contribution is -2.48. The second kappa shape index (κ2) is 8.65. The molecule has 0 amide bonds. The smallest absolute Gasteiger partial charge is 0.343 e. The van der Waals surface area contributed by atoms with E-state index in [0.717, 1.165) is 6.07 Å². The van der Waals surface area contributed by atoms with Gasteiger partial charge in [0.2, 0.25) is 0 Å². The summed E-state index contributed by atoms with van der Waals surface area (Å²) in [6, 6.07) is 4.10. The first-order chi connectivity index (χ1) is 15.7. The van der Waals surface area contributed by atoms with Crippen LogP contribution in [0.3, 0.4) is 0 Å². The van der Waals surface area contributed by atoms with Crippen LogP contribution >= 0.6 is 11.6 Å². The third kappa shape index (κ3) is 4.18. The summed E-state index contributed by atoms with van der Waals surface area (Å²) in [5, 5.41) is 3.07. The molecule has 1 N–H and O–H groups in total. The molecule has 1 aliphatic rings. The molecule has 3 unspecified atom stereocenters. The van der Waals surface area contributed by atoms with Gasteiger partial charge < -0.3 is 19.5 Å². The van der Waals surface area contributed by atoms with Crippen LogP contribution in [0.4, 0.5) is 15.9 Å². The van der Waals surface area contributed by atoms with E-state index in [0.29, 0.717) is 0 Å². The summed E-state index contributed by atoms with van der Waals surface area (Å²) in [5.41, 5.74) is 0.455. The highest BCUT2D eigenvalue weighted by molar-refractivity contribution is 6.30. The lowest BCUT2D eigenvalue weighted by atomic mass is 10.1. The van der Waals surface area contributed by atoms with Crippen molar-refractivity contribution in [2.75, 3.05) is 5.32 Å². The van der Waals surface area contributed by atoms with E-state index in [9.17, 15) is 14.0 Å². The van der Waals surface area contributed by atoms with Crippen LogP contribution in [-0.4, -0.2) is 43.7 Å². The Labute approximate surface area is 192 Å². The molecule has 0 aliphatic carbocycles. The molecule has 12 heteroatoms. The summed E-state index contributed by atoms with van der Waals surface area (Å²) in [4.78, 5) is 36.4. The average Bonchev–Trinajstić information content (AvgIpc) is 3.32. The van der Waals surface area contributed by atoms with Crippen molar-refractivity contribution in [2.24, 2.45) is 0 Å². The van der Waals surface area contributed by atoms with Crippen LogP contribution in [-0.2, 0) is 29.7 Å². The Bertz CT molecular complexity index is 1290. The number of carbonyl (C=O) groups excluding carboxylic acids is 2. The largest absolute Gasteiger partial charge is 0.453 e. The van der Waals surface area contributed by atoms with Crippen LogP contribution in [0.5, 0.6) is 0 Å². The number of nitrogens with zero attached hydrogens (tertiary/aromatic N) is 4. The van der Waals surface area contributed by atoms with Crippen LogP contribution in [0.2, 0.25) is 5.02 Å². The Balaban J connectivity index is 1.83. The minimum absolute atomic E-state index is 0.0647. The first-order valence-corrected chi connectivity index (χ1v) is 10.0. The fourth-order valence-corrected chi connectivity index (χ4v) is 3.68. The highest BCUT2D eigenvalue weighted by Gasteiger charge is 2.56. The van der Waals surface area contributed by atoms with Gasteiger partial charge in [0.25, 0.3) is 0 Å². The van der Waals surface area contributed by atoms with Gasteiger partial charge in [-0.25, -0.2) is 23.9 Å². The third-order valence-electron chi connectivity index (χ3n) is 4.78. The Morgan fingerprint density at radius 1 is 1.33 bits per heavy atom. The molecular formula is C21H17ClFN5O5. The van der Waals surface area contributed by atoms with E-state index in [1.165, 1.54) is 43.2 Å². The molecule has 1 aliphatic heterocycles. The first kappa shape index (κ1) is 22.4. The fraction of sp³-hybridized carbons (Fsp3) is 0.286. The van der Waals surface area contributed by atoms with Crippen molar-refractivity contribution < 1.29 is 28.2 Å². The van der Waals surface area contributed by atoms with E-state index < -0.39 is 35.9 Å². The van der Waals surface area contributed by atoms with Gasteiger partial charge in [0.05, 0.1) is 5.69 Å². The monoisotopic (exact) mass is 473 g/mol. The molecule has 3 atom stereocenters. The number of aromatic nitrogens is 4. The van der Waals surface area contributed by atoms with Gasteiger partial charge in [-0.3, -0.25) is 9.59 Å². The maximum Gasteiger partial charge on any atom is 0.343 e. The summed E-state index contributed by atoms with van der Waals surface area (Å²) >= 11 is 5.81. The van der Waals surface area contributed by atoms with Crippen LogP contribution in [0.15, 0.2) is 30.9 Å². The third-order valence-corrected chi connectivity index (χ3v) is 5.02. The van der Waals surface area contributed by atoms with Crippen LogP contribution in [0, 0.1) is 18.2 Å². The number of hydrogen-bond acceptors (Lipinski definition) is 9. The molecular weight excluding hydrogens is 457 g/mol. The highest BCUT2D eigenvalue weighted by atomic mass is 35.5. The van der Waals surface area contributed by atoms with E-state index in [-0.39, 0.29) is 34.1 Å². The molecule has 170 valence electrons. The number of benzene rings is 1. The predicted molar refractivity (Wildman–Crippen MR) is 114 cm³/mol. The molecule has 10 nitrogen and oxygen atoms in total. The Morgan fingerprint density at radius 2 is 2.12 bits per heavy atom. The summed E-state index contributed by atoms with van der Waals surface area (Å²) in [6.45, 7) is 2.38. The van der Waals surface area contributed by atoms with Gasteiger partial charge in [-0.05, 0) is 18.2 Å². The number of nitrogens with one attached hydrogen (secondary N) is 1. The van der Waals surface area contributed by atoms with Crippen molar-refractivity contribution in [1.82, 2.24) is 19.5 Å². The molecule has 33 heavy (non-hydrogen) atoms. The van der Waals surface area contributed by atoms with Gasteiger partial charge in [0, 0.05) is 25.3 Å². The summed E-state index contributed by atoms with van der Waals surface area (Å²) in [7, 11) is 0. The van der Waals surface area contributed by atoms with Crippen molar-refractivity contribution in [3.05, 3.63) is 41.7 Å². The van der Waals surface area contributed by atoms with E-state index in [1.807, 2.05) is 0 Å². The molecule has 0 bridgehead atoms. The quantitative estimate of drug-likeness (QED) is 0.440. The van der Waals surface area contributed by atoms with E-state index in [4.69, 9.17) is 32.2 Å². The van der Waals surface area contributed by atoms with Crippen molar-refractivity contribution in [3.8, 4) is 12.3 Å². The fourth-order valence-electron chi connectivity index (χ4n) is 3.53. The number of anilines is 2. The summed E-state index contributed by atoms with van der Waals surface area (Å²) < 4.78 is 32.4. The van der Waals surface area contributed by atoms with Gasteiger partial charge in [-0.1, -0.05) is 17.5 Å². The lowest BCUT2D eigenvalue weighted by Gasteiger charge is -2.33. The molecule has 0 saturated carbocycles. The summed E-state index contributed by atoms with van der Waals surface area (Å²) in [6.07, 6.45) is 6.15. The van der Waals surface area contributed by atoms with Crippen molar-refractivity contribution in [3.63, 3.8) is 0 Å². The van der Waals surface area contributed by atoms with Crippen molar-refractivity contribution in [1.29, 1.82) is 0 Å². The molecule has 1 saturated heterocycles. The SMILES string of the molecule is C#CC1CC(OC(C)=O)C(OC(C)=O)(n2cnc3c(Nc4ccc(Cl)cc4F)ncnc32)O1. The number of ether oxygens (including phenoxy) is 3. The topological polar surface area (TPSA) is 117 Å². The minimum Gasteiger partial charge on any atom is -0.453 e. The van der Waals surface area contributed by atoms with Crippen LogP contribution in [0.25, 0.3) is 11.2 Å². The van der Waals surface area contributed by atoms with Crippen LogP contribution in [0.1, 0.15) is 20.3 Å². The lowest BCUT2D eigenvalue weighted by molar-refractivity contribution is -0.292. The van der Waals surface area contributed by atoms with Gasteiger partial charge >= 0.3 is 17.8 Å². The second-order valence-electron chi connectivity index (χ2n) is 7.09. The number of esters is 2. The standard InChI is InChI=1S/C21H17ClFN5O5/c1-4-14-8-17(31-11(2)29)21(33-14,32-12(3)30)28-10-26-18-19(24-9-25-20(18)28)27-16-6-5-13(22)7-15(16)23/h1,5-7,9-10,14,17H,8H2,2-3H3,(H,24,25,27). The zero-order chi connectivity index (χ0) is 23.8. The minimum atomic E-state index is -1.96. The molecule has 2 aromatic heterocycles. The zero-order valence-corrected chi connectivity index (χ0v) is 18.2. The van der Waals surface area contributed by atoms with Gasteiger partial charge in [-0.15, -0.1) is 6.42 Å². The number of imidazole rings is 1. The maximum absolute atomic E-state index is 14.3. The normalized spacial score (nSPS) is 22.0. The first-order valence-electron chi connectivity index (χ1n) is 9.65. The van der Waals surface area contributed by atoms with E-state index >= 15 is 0 Å². The molecule has 0 radical (unpaired) electrons. The molecule has 4 rings (SSSR count). The Morgan fingerprint density at radius 3 is 2.79 bits per heavy atom.